The summed E-state index contributed by atoms with van der Waals surface area (Å²) < 4.78 is 46.2. The van der Waals surface area contributed by atoms with Gasteiger partial charge in [0.25, 0.3) is 0 Å². The average Bonchev–Trinajstić information content (AvgIpc) is 3.79. The Morgan fingerprint density at radius 3 is 2.72 bits per heavy atom. The third-order valence-electron chi connectivity index (χ3n) is 8.57. The molecule has 1 amide bonds. The minimum absolute atomic E-state index is 0.0499. The van der Waals surface area contributed by atoms with Crippen LogP contribution in [0, 0.1) is 11.6 Å². The van der Waals surface area contributed by atoms with Crippen molar-refractivity contribution in [1.82, 2.24) is 29.4 Å². The monoisotopic (exact) mass is 642 g/mol. The standard InChI is InChI=1S/C34H32F2N6O3S/c1-5-29(43)41-9-10-42-27(19(41)2)17-25(39-42)33-31(30-24(36)15-22(35)16-28(30)45-12-11-44-4)34-23(8-13-46-34)32(38-33)20-6-7-26-21(14-20)18-37-40(26)3/h6-8,13-19H,5,9-12H2,1-4H3/t19-/m1/s1. The number of amides is 1. The number of halogens is 2. The van der Waals surface area contributed by atoms with Crippen molar-refractivity contribution in [2.24, 2.45) is 7.05 Å². The molecule has 0 fully saturated rings. The van der Waals surface area contributed by atoms with Crippen molar-refractivity contribution >= 4 is 38.2 Å². The number of nitrogens with zero attached hydrogens (tertiary/aromatic N) is 6. The van der Waals surface area contributed by atoms with E-state index in [1.807, 2.05) is 77.1 Å². The normalized spacial score (nSPS) is 14.7. The quantitative estimate of drug-likeness (QED) is 0.166. The second-order valence-corrected chi connectivity index (χ2v) is 12.2. The lowest BCUT2D eigenvalue weighted by molar-refractivity contribution is -0.134. The molecule has 7 rings (SSSR count). The lowest BCUT2D eigenvalue weighted by Crippen LogP contribution is -2.40. The molecule has 1 aliphatic rings. The molecule has 0 aliphatic carbocycles. The van der Waals surface area contributed by atoms with Crippen LogP contribution in [-0.4, -0.2) is 62.2 Å². The van der Waals surface area contributed by atoms with E-state index in [9.17, 15) is 9.18 Å². The molecule has 1 atom stereocenters. The van der Waals surface area contributed by atoms with Crippen molar-refractivity contribution in [3.05, 3.63) is 71.4 Å². The molecule has 0 unspecified atom stereocenters. The minimum atomic E-state index is -0.772. The van der Waals surface area contributed by atoms with Crippen molar-refractivity contribution in [3.63, 3.8) is 0 Å². The van der Waals surface area contributed by atoms with E-state index in [0.717, 1.165) is 38.3 Å². The first-order valence-corrected chi connectivity index (χ1v) is 16.0. The zero-order valence-electron chi connectivity index (χ0n) is 25.9. The van der Waals surface area contributed by atoms with E-state index >= 15 is 4.39 Å². The van der Waals surface area contributed by atoms with Gasteiger partial charge in [-0.1, -0.05) is 13.0 Å². The summed E-state index contributed by atoms with van der Waals surface area (Å²) in [4.78, 5) is 19.8. The highest BCUT2D eigenvalue weighted by molar-refractivity contribution is 7.18. The summed E-state index contributed by atoms with van der Waals surface area (Å²) in [5.41, 5.74) is 4.92. The highest BCUT2D eigenvalue weighted by atomic mass is 32.1. The van der Waals surface area contributed by atoms with Crippen LogP contribution in [0.1, 0.15) is 32.0 Å². The number of benzene rings is 2. The zero-order valence-corrected chi connectivity index (χ0v) is 26.7. The van der Waals surface area contributed by atoms with Gasteiger partial charge >= 0.3 is 0 Å². The van der Waals surface area contributed by atoms with Gasteiger partial charge in [-0.15, -0.1) is 11.3 Å². The predicted octanol–water partition coefficient (Wildman–Crippen LogP) is 7.00. The summed E-state index contributed by atoms with van der Waals surface area (Å²) in [5.74, 6) is -1.40. The van der Waals surface area contributed by atoms with Gasteiger partial charge < -0.3 is 14.4 Å². The van der Waals surface area contributed by atoms with E-state index in [-0.39, 0.29) is 36.5 Å². The summed E-state index contributed by atoms with van der Waals surface area (Å²) >= 11 is 1.44. The second-order valence-electron chi connectivity index (χ2n) is 11.3. The number of fused-ring (bicyclic) bond motifs is 3. The molecule has 236 valence electrons. The molecule has 2 aromatic carbocycles. The number of ether oxygens (including phenoxy) is 2. The number of hydrogen-bond acceptors (Lipinski definition) is 7. The Morgan fingerprint density at radius 1 is 1.07 bits per heavy atom. The second kappa shape index (κ2) is 11.9. The van der Waals surface area contributed by atoms with Gasteiger partial charge in [-0.2, -0.15) is 10.2 Å². The Balaban J connectivity index is 1.50. The Kier molecular flexibility index (Phi) is 7.77. The first-order chi connectivity index (χ1) is 22.3. The fourth-order valence-electron chi connectivity index (χ4n) is 6.28. The van der Waals surface area contributed by atoms with Crippen molar-refractivity contribution < 1.29 is 23.0 Å². The van der Waals surface area contributed by atoms with Crippen LogP contribution in [-0.2, 0) is 23.1 Å². The van der Waals surface area contributed by atoms with E-state index in [1.54, 1.807) is 0 Å². The van der Waals surface area contributed by atoms with Gasteiger partial charge in [-0.3, -0.25) is 14.2 Å². The molecule has 46 heavy (non-hydrogen) atoms. The Bertz CT molecular complexity index is 2120. The van der Waals surface area contributed by atoms with Crippen LogP contribution in [0.4, 0.5) is 8.78 Å². The Morgan fingerprint density at radius 2 is 1.91 bits per heavy atom. The molecule has 12 heteroatoms. The lowest BCUT2D eigenvalue weighted by atomic mass is 9.96. The van der Waals surface area contributed by atoms with Crippen LogP contribution in [0.3, 0.4) is 0 Å². The van der Waals surface area contributed by atoms with Gasteiger partial charge in [-0.25, -0.2) is 13.8 Å². The van der Waals surface area contributed by atoms with Crippen LogP contribution in [0.2, 0.25) is 0 Å². The number of hydrogen-bond donors (Lipinski definition) is 0. The lowest BCUT2D eigenvalue weighted by Gasteiger charge is -2.33. The summed E-state index contributed by atoms with van der Waals surface area (Å²) in [7, 11) is 3.43. The Labute approximate surface area is 268 Å². The maximum atomic E-state index is 16.1. The molecule has 0 spiro atoms. The molecule has 6 aromatic rings. The molecular formula is C34H32F2N6O3S. The third kappa shape index (κ3) is 5.01. The van der Waals surface area contributed by atoms with Crippen LogP contribution < -0.4 is 4.74 Å². The number of carbonyl (C=O) groups excluding carboxylic acids is 1. The third-order valence-corrected chi connectivity index (χ3v) is 9.50. The molecule has 0 saturated heterocycles. The number of methoxy groups -OCH3 is 1. The summed E-state index contributed by atoms with van der Waals surface area (Å²) in [6.45, 7) is 5.23. The SMILES string of the molecule is CCC(=O)N1CCn2nc(-c3nc(-c4ccc5c(cnn5C)c4)c4ccsc4c3-c3c(F)cc(F)cc3OCCOC)cc2[C@H]1C. The summed E-state index contributed by atoms with van der Waals surface area (Å²) in [6.07, 6.45) is 2.22. The molecule has 0 bridgehead atoms. The van der Waals surface area contributed by atoms with Crippen molar-refractivity contribution in [1.29, 1.82) is 0 Å². The van der Waals surface area contributed by atoms with Crippen LogP contribution >= 0.6 is 11.3 Å². The van der Waals surface area contributed by atoms with E-state index in [2.05, 4.69) is 5.10 Å². The van der Waals surface area contributed by atoms with E-state index in [1.165, 1.54) is 24.5 Å². The number of rotatable bonds is 8. The van der Waals surface area contributed by atoms with Crippen molar-refractivity contribution in [2.75, 3.05) is 26.9 Å². The van der Waals surface area contributed by atoms with Crippen molar-refractivity contribution in [3.8, 4) is 39.5 Å². The minimum Gasteiger partial charge on any atom is -0.490 e. The molecule has 9 nitrogen and oxygen atoms in total. The number of aryl methyl sites for hydroxylation is 1. The number of carbonyl (C=O) groups is 1. The molecule has 0 N–H and O–H groups in total. The van der Waals surface area contributed by atoms with Crippen LogP contribution in [0.5, 0.6) is 5.75 Å². The first kappa shape index (κ1) is 30.0. The highest BCUT2D eigenvalue weighted by Crippen LogP contribution is 2.47. The first-order valence-electron chi connectivity index (χ1n) is 15.1. The Hall–Kier alpha value is -4.68. The number of thiophene rings is 1. The van der Waals surface area contributed by atoms with E-state index in [0.29, 0.717) is 42.2 Å². The van der Waals surface area contributed by atoms with Gasteiger partial charge in [0.1, 0.15) is 35.4 Å². The highest BCUT2D eigenvalue weighted by Gasteiger charge is 2.31. The van der Waals surface area contributed by atoms with Crippen LogP contribution in [0.25, 0.3) is 54.8 Å². The zero-order chi connectivity index (χ0) is 32.1. The maximum absolute atomic E-state index is 16.1. The fourth-order valence-corrected chi connectivity index (χ4v) is 7.22. The largest absolute Gasteiger partial charge is 0.490 e. The molecule has 5 heterocycles. The number of pyridine rings is 1. The average molecular weight is 643 g/mol. The molecule has 4 aromatic heterocycles. The molecule has 1 aliphatic heterocycles. The molecule has 0 saturated carbocycles. The summed E-state index contributed by atoms with van der Waals surface area (Å²) in [6, 6.07) is 11.8. The van der Waals surface area contributed by atoms with Crippen LogP contribution in [0.15, 0.2) is 54.0 Å². The van der Waals surface area contributed by atoms with Crippen molar-refractivity contribution in [2.45, 2.75) is 32.9 Å². The summed E-state index contributed by atoms with van der Waals surface area (Å²) in [5, 5.41) is 13.1. The number of aromatic nitrogens is 5. The molecule has 0 radical (unpaired) electrons. The van der Waals surface area contributed by atoms with Gasteiger partial charge in [-0.05, 0) is 36.6 Å². The maximum Gasteiger partial charge on any atom is 0.222 e. The van der Waals surface area contributed by atoms with E-state index < -0.39 is 11.6 Å². The smallest absolute Gasteiger partial charge is 0.222 e. The van der Waals surface area contributed by atoms with E-state index in [4.69, 9.17) is 19.6 Å². The fraction of sp³-hybridized carbons (Fsp3) is 0.294. The van der Waals surface area contributed by atoms with Gasteiger partial charge in [0.05, 0.1) is 47.9 Å². The van der Waals surface area contributed by atoms with Gasteiger partial charge in [0.15, 0.2) is 0 Å². The predicted molar refractivity (Wildman–Crippen MR) is 174 cm³/mol. The van der Waals surface area contributed by atoms with Gasteiger partial charge in [0.2, 0.25) is 5.91 Å². The molecular weight excluding hydrogens is 610 g/mol. The van der Waals surface area contributed by atoms with Gasteiger partial charge in [0, 0.05) is 65.9 Å². The topological polar surface area (TPSA) is 87.3 Å².